The highest BCUT2D eigenvalue weighted by Crippen LogP contribution is 2.23. The molecule has 1 amide bonds. The molecule has 1 aromatic rings. The minimum Gasteiger partial charge on any atom is -0.376 e. The van der Waals surface area contributed by atoms with E-state index in [1.165, 1.54) is 49.7 Å². The molecule has 2 aliphatic rings. The van der Waals surface area contributed by atoms with Gasteiger partial charge >= 0.3 is 0 Å². The Kier molecular flexibility index (Phi) is 12.3. The van der Waals surface area contributed by atoms with Crippen molar-refractivity contribution in [3.63, 3.8) is 0 Å². The summed E-state index contributed by atoms with van der Waals surface area (Å²) in [6.45, 7) is 6.47. The van der Waals surface area contributed by atoms with Gasteiger partial charge in [0.25, 0.3) is 0 Å². The summed E-state index contributed by atoms with van der Waals surface area (Å²) >= 11 is 0. The molecule has 174 valence electrons. The summed E-state index contributed by atoms with van der Waals surface area (Å²) in [6.07, 6.45) is 9.42. The summed E-state index contributed by atoms with van der Waals surface area (Å²) in [6, 6.07) is 8.30. The molecule has 0 bridgehead atoms. The Labute approximate surface area is 204 Å². The number of benzene rings is 1. The number of rotatable bonds is 9. The Morgan fingerprint density at radius 2 is 1.77 bits per heavy atom. The molecular weight excluding hydrogens is 503 g/mol. The maximum absolute atomic E-state index is 12.5. The summed E-state index contributed by atoms with van der Waals surface area (Å²) in [7, 11) is 0. The number of carbonyl (C=O) groups is 1. The van der Waals surface area contributed by atoms with Crippen LogP contribution in [0.1, 0.15) is 69.4 Å². The Morgan fingerprint density at radius 3 is 2.42 bits per heavy atom. The van der Waals surface area contributed by atoms with E-state index in [0.29, 0.717) is 25.7 Å². The number of nitrogens with zero attached hydrogens (tertiary/aromatic N) is 2. The summed E-state index contributed by atoms with van der Waals surface area (Å²) in [5.74, 6) is 1.03. The van der Waals surface area contributed by atoms with Gasteiger partial charge in [0.05, 0.1) is 12.7 Å². The smallest absolute Gasteiger partial charge is 0.223 e. The maximum Gasteiger partial charge on any atom is 0.223 e. The van der Waals surface area contributed by atoms with E-state index in [9.17, 15) is 4.79 Å². The van der Waals surface area contributed by atoms with Crippen LogP contribution < -0.4 is 10.6 Å². The quantitative estimate of drug-likeness (QED) is 0.161. The van der Waals surface area contributed by atoms with Crippen LogP contribution in [0.3, 0.4) is 0 Å². The number of carbonyl (C=O) groups excluding carboxylic acids is 1. The zero-order valence-electron chi connectivity index (χ0n) is 18.9. The first kappa shape index (κ1) is 25.9. The van der Waals surface area contributed by atoms with Crippen molar-refractivity contribution in [1.29, 1.82) is 0 Å². The summed E-state index contributed by atoms with van der Waals surface area (Å²) in [5.41, 5.74) is 2.54. The Morgan fingerprint density at radius 1 is 1.10 bits per heavy atom. The van der Waals surface area contributed by atoms with Crippen LogP contribution >= 0.6 is 24.0 Å². The molecule has 0 radical (unpaired) electrons. The van der Waals surface area contributed by atoms with Crippen molar-refractivity contribution in [2.45, 2.75) is 77.5 Å². The summed E-state index contributed by atoms with van der Waals surface area (Å²) in [5, 5.41) is 6.62. The topological polar surface area (TPSA) is 66.0 Å². The minimum absolute atomic E-state index is 0. The molecule has 0 atom stereocenters. The minimum atomic E-state index is 0. The molecule has 2 N–H and O–H groups in total. The van der Waals surface area contributed by atoms with Crippen molar-refractivity contribution in [2.75, 3.05) is 26.2 Å². The van der Waals surface area contributed by atoms with E-state index < -0.39 is 0 Å². The second-order valence-electron chi connectivity index (χ2n) is 8.29. The fourth-order valence-corrected chi connectivity index (χ4v) is 4.23. The van der Waals surface area contributed by atoms with Gasteiger partial charge in [-0.3, -0.25) is 9.79 Å². The van der Waals surface area contributed by atoms with Crippen LogP contribution in [0.25, 0.3) is 0 Å². The van der Waals surface area contributed by atoms with Crippen LogP contribution in [-0.2, 0) is 22.6 Å². The van der Waals surface area contributed by atoms with Crippen molar-refractivity contribution in [2.24, 2.45) is 4.99 Å². The fourth-order valence-electron chi connectivity index (χ4n) is 4.23. The first-order valence-electron chi connectivity index (χ1n) is 11.7. The van der Waals surface area contributed by atoms with E-state index in [4.69, 9.17) is 4.74 Å². The first-order chi connectivity index (χ1) is 14.8. The number of fused-ring (bicyclic) bond motifs is 1. The van der Waals surface area contributed by atoms with E-state index in [1.54, 1.807) is 0 Å². The molecule has 1 aliphatic heterocycles. The molecule has 1 aromatic carbocycles. The van der Waals surface area contributed by atoms with Gasteiger partial charge in [0.15, 0.2) is 5.96 Å². The number of ether oxygens (including phenoxy) is 1. The highest BCUT2D eigenvalue weighted by atomic mass is 127. The number of nitrogens with one attached hydrogen (secondary N) is 2. The molecule has 0 aromatic heterocycles. The van der Waals surface area contributed by atoms with Crippen LogP contribution in [-0.4, -0.2) is 49.1 Å². The third-order valence-electron chi connectivity index (χ3n) is 5.91. The van der Waals surface area contributed by atoms with Gasteiger partial charge in [0, 0.05) is 39.1 Å². The molecule has 0 unspecified atom stereocenters. The lowest BCUT2D eigenvalue weighted by Crippen LogP contribution is -2.39. The molecule has 0 saturated heterocycles. The normalized spacial score (nSPS) is 16.9. The molecule has 31 heavy (non-hydrogen) atoms. The van der Waals surface area contributed by atoms with Crippen molar-refractivity contribution in [3.8, 4) is 0 Å². The van der Waals surface area contributed by atoms with Crippen LogP contribution in [0.4, 0.5) is 0 Å². The average Bonchev–Trinajstić information content (AvgIpc) is 3.03. The van der Waals surface area contributed by atoms with Crippen molar-refractivity contribution in [3.05, 3.63) is 35.4 Å². The molecule has 0 spiro atoms. The average molecular weight is 543 g/mol. The SMILES string of the molecule is CCNC(=NCCCC(=O)N1Cc2ccccc2C1)NCCOC1CCCCCC1.I. The summed E-state index contributed by atoms with van der Waals surface area (Å²) < 4.78 is 6.04. The maximum atomic E-state index is 12.5. The number of aliphatic imine (C=N–C) groups is 1. The zero-order valence-corrected chi connectivity index (χ0v) is 21.2. The first-order valence-corrected chi connectivity index (χ1v) is 11.7. The predicted molar refractivity (Wildman–Crippen MR) is 137 cm³/mol. The second-order valence-corrected chi connectivity index (χ2v) is 8.29. The third kappa shape index (κ3) is 8.96. The molecule has 6 nitrogen and oxygen atoms in total. The number of hydrogen-bond donors (Lipinski definition) is 2. The highest BCUT2D eigenvalue weighted by Gasteiger charge is 2.22. The molecule has 3 rings (SSSR count). The van der Waals surface area contributed by atoms with Gasteiger partial charge in [-0.05, 0) is 37.3 Å². The Balaban J connectivity index is 0.00000341. The number of hydrogen-bond acceptors (Lipinski definition) is 3. The van der Waals surface area contributed by atoms with Gasteiger partial charge in [0.2, 0.25) is 5.91 Å². The third-order valence-corrected chi connectivity index (χ3v) is 5.91. The van der Waals surface area contributed by atoms with Gasteiger partial charge in [-0.15, -0.1) is 24.0 Å². The lowest BCUT2D eigenvalue weighted by atomic mass is 10.1. The molecule has 1 heterocycles. The lowest BCUT2D eigenvalue weighted by molar-refractivity contribution is -0.131. The fraction of sp³-hybridized carbons (Fsp3) is 0.667. The van der Waals surface area contributed by atoms with Crippen molar-refractivity contribution in [1.82, 2.24) is 15.5 Å². The van der Waals surface area contributed by atoms with Gasteiger partial charge in [-0.2, -0.15) is 0 Å². The lowest BCUT2D eigenvalue weighted by Gasteiger charge is -2.17. The van der Waals surface area contributed by atoms with Crippen LogP contribution in [0.2, 0.25) is 0 Å². The molecule has 7 heteroatoms. The van der Waals surface area contributed by atoms with Gasteiger partial charge < -0.3 is 20.3 Å². The number of halogens is 1. The van der Waals surface area contributed by atoms with E-state index >= 15 is 0 Å². The zero-order chi connectivity index (χ0) is 21.0. The monoisotopic (exact) mass is 542 g/mol. The van der Waals surface area contributed by atoms with Crippen LogP contribution in [0.15, 0.2) is 29.3 Å². The van der Waals surface area contributed by atoms with E-state index in [2.05, 4.69) is 34.7 Å². The van der Waals surface area contributed by atoms with Gasteiger partial charge in [-0.25, -0.2) is 0 Å². The van der Waals surface area contributed by atoms with Crippen LogP contribution in [0, 0.1) is 0 Å². The van der Waals surface area contributed by atoms with E-state index in [1.807, 2.05) is 17.0 Å². The number of amides is 1. The van der Waals surface area contributed by atoms with Crippen molar-refractivity contribution >= 4 is 35.8 Å². The van der Waals surface area contributed by atoms with E-state index in [-0.39, 0.29) is 29.9 Å². The number of guanidine groups is 1. The van der Waals surface area contributed by atoms with Crippen molar-refractivity contribution < 1.29 is 9.53 Å². The van der Waals surface area contributed by atoms with E-state index in [0.717, 1.165) is 38.6 Å². The standard InChI is InChI=1S/C24H38N4O2.HI/c1-2-25-24(27-16-17-30-22-12-5-3-4-6-13-22)26-15-9-14-23(29)28-18-20-10-7-8-11-21(20)19-28;/h7-8,10-11,22H,2-6,9,12-19H2,1H3,(H2,25,26,27);1H. The highest BCUT2D eigenvalue weighted by molar-refractivity contribution is 14.0. The molecule has 1 saturated carbocycles. The molecule has 1 fully saturated rings. The Bertz CT molecular complexity index is 665. The van der Waals surface area contributed by atoms with Gasteiger partial charge in [-0.1, -0.05) is 49.9 Å². The molecule has 1 aliphatic carbocycles. The van der Waals surface area contributed by atoms with Crippen LogP contribution in [0.5, 0.6) is 0 Å². The predicted octanol–water partition coefficient (Wildman–Crippen LogP) is 4.22. The van der Waals surface area contributed by atoms with Gasteiger partial charge in [0.1, 0.15) is 0 Å². The largest absolute Gasteiger partial charge is 0.376 e. The Hall–Kier alpha value is -1.35. The second kappa shape index (κ2) is 14.7. The summed E-state index contributed by atoms with van der Waals surface area (Å²) in [4.78, 5) is 19.1. The molecular formula is C24H39IN4O2.